The van der Waals surface area contributed by atoms with E-state index in [0.717, 1.165) is 0 Å². The topological polar surface area (TPSA) is 111 Å². The molecular weight excluding hydrogens is 531 g/mol. The number of carbonyl (C=O) groups is 2. The fraction of sp³-hybridized carbons (Fsp3) is 0.167. The van der Waals surface area contributed by atoms with Gasteiger partial charge in [0.25, 0.3) is 15.9 Å². The first-order valence-corrected chi connectivity index (χ1v) is 12.8. The van der Waals surface area contributed by atoms with Gasteiger partial charge in [-0.1, -0.05) is 35.3 Å². The monoisotopic (exact) mass is 550 g/mol. The number of methoxy groups -OCH3 is 1. The van der Waals surface area contributed by atoms with Gasteiger partial charge in [0.2, 0.25) is 6.10 Å². The van der Waals surface area contributed by atoms with Crippen LogP contribution >= 0.6 is 23.2 Å². The second-order valence-electron chi connectivity index (χ2n) is 7.60. The number of fused-ring (bicyclic) bond motifs is 1. The van der Waals surface area contributed by atoms with E-state index in [1.165, 1.54) is 42.3 Å². The highest BCUT2D eigenvalue weighted by Gasteiger charge is 2.34. The van der Waals surface area contributed by atoms with E-state index in [4.69, 9.17) is 37.4 Å². The molecule has 4 rings (SSSR count). The van der Waals surface area contributed by atoms with E-state index in [-0.39, 0.29) is 22.2 Å². The first kappa shape index (κ1) is 25.6. The minimum absolute atomic E-state index is 0.00315. The molecule has 1 heterocycles. The van der Waals surface area contributed by atoms with Crippen molar-refractivity contribution in [3.63, 3.8) is 0 Å². The lowest BCUT2D eigenvalue weighted by Crippen LogP contribution is -2.48. The quantitative estimate of drug-likeness (QED) is 0.440. The maximum atomic E-state index is 13.0. The van der Waals surface area contributed by atoms with Crippen LogP contribution in [0.2, 0.25) is 10.0 Å². The normalized spacial score (nSPS) is 14.9. The van der Waals surface area contributed by atoms with E-state index in [2.05, 4.69) is 4.72 Å². The third kappa shape index (κ3) is 5.67. The third-order valence-electron chi connectivity index (χ3n) is 5.20. The highest BCUT2D eigenvalue weighted by Crippen LogP contribution is 2.34. The summed E-state index contributed by atoms with van der Waals surface area (Å²) in [6, 6.07) is 16.8. The Balaban J connectivity index is 1.46. The number of amides is 1. The number of ether oxygens (including phenoxy) is 3. The van der Waals surface area contributed by atoms with Gasteiger partial charge in [0, 0.05) is 10.7 Å². The Morgan fingerprint density at radius 3 is 2.50 bits per heavy atom. The van der Waals surface area contributed by atoms with Gasteiger partial charge in [-0.25, -0.2) is 13.2 Å². The predicted octanol–water partition coefficient (Wildman–Crippen LogP) is 4.14. The molecule has 0 saturated heterocycles. The Morgan fingerprint density at radius 2 is 1.81 bits per heavy atom. The summed E-state index contributed by atoms with van der Waals surface area (Å²) in [7, 11) is -2.70. The molecule has 9 nitrogen and oxygen atoms in total. The fourth-order valence-electron chi connectivity index (χ4n) is 3.44. The number of carbonyl (C=O) groups excluding carboxylic acids is 2. The van der Waals surface area contributed by atoms with Gasteiger partial charge in [-0.3, -0.25) is 9.52 Å². The number of benzene rings is 3. The standard InChI is InChI=1S/C24H20Cl2N2O7S/c1-33-24(30)22-13-28(19-4-2-3-5-21(19)35-22)23(29)14-34-20-11-10-17(12-18(20)26)36(31,32)27-16-8-6-15(25)7-9-16/h2-12,22,27H,13-14H2,1H3. The van der Waals surface area contributed by atoms with Crippen LogP contribution in [0.15, 0.2) is 71.6 Å². The van der Waals surface area contributed by atoms with Crippen LogP contribution in [0.3, 0.4) is 0 Å². The number of halogens is 2. The summed E-state index contributed by atoms with van der Waals surface area (Å²) < 4.78 is 43.8. The van der Waals surface area contributed by atoms with Crippen molar-refractivity contribution in [1.29, 1.82) is 0 Å². The second-order valence-corrected chi connectivity index (χ2v) is 10.1. The molecule has 0 bridgehead atoms. The van der Waals surface area contributed by atoms with E-state index in [1.807, 2.05) is 0 Å². The largest absolute Gasteiger partial charge is 0.482 e. The number of anilines is 2. The lowest BCUT2D eigenvalue weighted by molar-refractivity contribution is -0.148. The van der Waals surface area contributed by atoms with Crippen LogP contribution in [0.5, 0.6) is 11.5 Å². The van der Waals surface area contributed by atoms with E-state index in [1.54, 1.807) is 36.4 Å². The van der Waals surface area contributed by atoms with Gasteiger partial charge in [-0.15, -0.1) is 0 Å². The van der Waals surface area contributed by atoms with Crippen LogP contribution in [0, 0.1) is 0 Å². The maximum absolute atomic E-state index is 13.0. The summed E-state index contributed by atoms with van der Waals surface area (Å²) in [6.07, 6.45) is -0.991. The second kappa shape index (κ2) is 10.7. The highest BCUT2D eigenvalue weighted by atomic mass is 35.5. The Hall–Kier alpha value is -3.47. The smallest absolute Gasteiger partial charge is 0.348 e. The van der Waals surface area contributed by atoms with Crippen molar-refractivity contribution >= 4 is 56.5 Å². The molecule has 1 amide bonds. The minimum atomic E-state index is -3.93. The van der Waals surface area contributed by atoms with Crippen molar-refractivity contribution in [3.05, 3.63) is 76.8 Å². The van der Waals surface area contributed by atoms with Crippen LogP contribution in [0.1, 0.15) is 0 Å². The molecule has 1 aliphatic heterocycles. The SMILES string of the molecule is COC(=O)C1CN(C(=O)COc2ccc(S(=O)(=O)Nc3ccc(Cl)cc3)cc2Cl)c2ccccc2O1. The predicted molar refractivity (Wildman–Crippen MR) is 134 cm³/mol. The van der Waals surface area contributed by atoms with Gasteiger partial charge < -0.3 is 19.1 Å². The van der Waals surface area contributed by atoms with Gasteiger partial charge in [-0.05, 0) is 54.6 Å². The van der Waals surface area contributed by atoms with E-state index in [0.29, 0.717) is 22.1 Å². The van der Waals surface area contributed by atoms with Gasteiger partial charge in [0.1, 0.15) is 11.5 Å². The number of para-hydroxylation sites is 2. The van der Waals surface area contributed by atoms with Crippen molar-refractivity contribution in [2.24, 2.45) is 0 Å². The zero-order valence-electron chi connectivity index (χ0n) is 18.8. The Kier molecular flexibility index (Phi) is 7.58. The summed E-state index contributed by atoms with van der Waals surface area (Å²) in [4.78, 5) is 26.3. The molecule has 1 atom stereocenters. The van der Waals surface area contributed by atoms with Gasteiger partial charge in [0.15, 0.2) is 6.61 Å². The Labute approximate surface area is 217 Å². The lowest BCUT2D eigenvalue weighted by atomic mass is 10.2. The molecule has 0 aliphatic carbocycles. The number of rotatable bonds is 7. The number of esters is 1. The maximum Gasteiger partial charge on any atom is 0.348 e. The van der Waals surface area contributed by atoms with Gasteiger partial charge in [0.05, 0.1) is 29.3 Å². The molecule has 36 heavy (non-hydrogen) atoms. The first-order valence-electron chi connectivity index (χ1n) is 10.5. The average molecular weight is 551 g/mol. The molecule has 0 aromatic heterocycles. The van der Waals surface area contributed by atoms with Crippen LogP contribution in [0.4, 0.5) is 11.4 Å². The lowest BCUT2D eigenvalue weighted by Gasteiger charge is -2.33. The summed E-state index contributed by atoms with van der Waals surface area (Å²) in [5.41, 5.74) is 0.810. The van der Waals surface area contributed by atoms with Crippen LogP contribution < -0.4 is 19.1 Å². The molecule has 12 heteroatoms. The molecular formula is C24H20Cl2N2O7S. The number of nitrogens with zero attached hydrogens (tertiary/aromatic N) is 1. The zero-order valence-corrected chi connectivity index (χ0v) is 21.1. The summed E-state index contributed by atoms with van der Waals surface area (Å²) >= 11 is 12.1. The minimum Gasteiger partial charge on any atom is -0.482 e. The summed E-state index contributed by atoms with van der Waals surface area (Å²) in [6.45, 7) is -0.482. The van der Waals surface area contributed by atoms with Crippen LogP contribution in [-0.2, 0) is 24.3 Å². The molecule has 3 aromatic rings. The van der Waals surface area contributed by atoms with Gasteiger partial charge in [-0.2, -0.15) is 0 Å². The molecule has 3 aromatic carbocycles. The van der Waals surface area contributed by atoms with E-state index < -0.39 is 34.6 Å². The zero-order chi connectivity index (χ0) is 25.9. The first-order chi connectivity index (χ1) is 17.2. The average Bonchev–Trinajstić information content (AvgIpc) is 2.87. The molecule has 1 unspecified atom stereocenters. The summed E-state index contributed by atoms with van der Waals surface area (Å²) in [5, 5.41) is 0.468. The van der Waals surface area contributed by atoms with Crippen molar-refractivity contribution < 1.29 is 32.2 Å². The molecule has 0 spiro atoms. The molecule has 1 aliphatic rings. The third-order valence-corrected chi connectivity index (χ3v) is 7.13. The Bertz CT molecular complexity index is 1400. The molecule has 0 fully saturated rings. The highest BCUT2D eigenvalue weighted by molar-refractivity contribution is 7.92. The van der Waals surface area contributed by atoms with Gasteiger partial charge >= 0.3 is 5.97 Å². The number of sulfonamides is 1. The molecule has 0 saturated carbocycles. The van der Waals surface area contributed by atoms with E-state index in [9.17, 15) is 18.0 Å². The number of nitrogens with one attached hydrogen (secondary N) is 1. The number of hydrogen-bond donors (Lipinski definition) is 1. The van der Waals surface area contributed by atoms with Crippen LogP contribution in [0.25, 0.3) is 0 Å². The Morgan fingerprint density at radius 1 is 1.08 bits per heavy atom. The molecule has 1 N–H and O–H groups in total. The summed E-state index contributed by atoms with van der Waals surface area (Å²) in [5.74, 6) is -0.609. The van der Waals surface area contributed by atoms with Crippen molar-refractivity contribution in [1.82, 2.24) is 0 Å². The van der Waals surface area contributed by atoms with Crippen molar-refractivity contribution in [2.75, 3.05) is 29.9 Å². The van der Waals surface area contributed by atoms with Crippen molar-refractivity contribution in [2.45, 2.75) is 11.0 Å². The van der Waals surface area contributed by atoms with Crippen molar-refractivity contribution in [3.8, 4) is 11.5 Å². The molecule has 188 valence electrons. The van der Waals surface area contributed by atoms with E-state index >= 15 is 0 Å². The fourth-order valence-corrected chi connectivity index (χ4v) is 4.95. The van der Waals surface area contributed by atoms with Crippen LogP contribution in [-0.4, -0.2) is 46.7 Å². The number of hydrogen-bond acceptors (Lipinski definition) is 7. The molecule has 0 radical (unpaired) electrons.